The highest BCUT2D eigenvalue weighted by Gasteiger charge is 2.57. The summed E-state index contributed by atoms with van der Waals surface area (Å²) in [6, 6.07) is 0.259. The second-order valence-electron chi connectivity index (χ2n) is 7.18. The van der Waals surface area contributed by atoms with Gasteiger partial charge >= 0.3 is 12.0 Å². The average Bonchev–Trinajstić information content (AvgIpc) is 3.14. The molecule has 1 aromatic rings. The predicted octanol–water partition coefficient (Wildman–Crippen LogP) is 3.35. The number of ether oxygens (including phenoxy) is 2. The van der Waals surface area contributed by atoms with Crippen molar-refractivity contribution < 1.29 is 14.3 Å². The van der Waals surface area contributed by atoms with Gasteiger partial charge in [-0.3, -0.25) is 10.1 Å². The van der Waals surface area contributed by atoms with Gasteiger partial charge in [0.15, 0.2) is 6.10 Å². The standard InChI is InChI=1S/C18H26ClN3O3/c1-3-4-5-6-12(2)16(23)25-18-8-13(9-22-18)7-15(18)24-17-20-10-14(19)11-21-17/h10-13,15,22H,3-9H2,1-2H3/t12?,13-,15-,18+/m1/s1. The first-order valence-electron chi connectivity index (χ1n) is 9.14. The first kappa shape index (κ1) is 18.4. The predicted molar refractivity (Wildman–Crippen MR) is 94.3 cm³/mol. The van der Waals surface area contributed by atoms with Crippen LogP contribution < -0.4 is 10.1 Å². The molecule has 2 fully saturated rings. The summed E-state index contributed by atoms with van der Waals surface area (Å²) in [6.45, 7) is 4.94. The van der Waals surface area contributed by atoms with Crippen molar-refractivity contribution in [1.29, 1.82) is 0 Å². The Kier molecular flexibility index (Phi) is 5.79. The zero-order chi connectivity index (χ0) is 17.9. The Morgan fingerprint density at radius 3 is 2.88 bits per heavy atom. The van der Waals surface area contributed by atoms with Gasteiger partial charge in [-0.15, -0.1) is 0 Å². The van der Waals surface area contributed by atoms with E-state index in [0.29, 0.717) is 10.9 Å². The number of aromatic nitrogens is 2. The number of halogens is 1. The highest BCUT2D eigenvalue weighted by Crippen LogP contribution is 2.43. The molecule has 1 aromatic heterocycles. The monoisotopic (exact) mass is 367 g/mol. The Morgan fingerprint density at radius 2 is 2.20 bits per heavy atom. The molecule has 4 atom stereocenters. The third kappa shape index (κ3) is 4.23. The van der Waals surface area contributed by atoms with Crippen LogP contribution in [-0.2, 0) is 9.53 Å². The molecule has 1 saturated heterocycles. The van der Waals surface area contributed by atoms with Crippen LogP contribution in [0.25, 0.3) is 0 Å². The minimum absolute atomic E-state index is 0.102. The smallest absolute Gasteiger partial charge is 0.316 e. The van der Waals surface area contributed by atoms with E-state index in [2.05, 4.69) is 22.2 Å². The Morgan fingerprint density at radius 1 is 1.44 bits per heavy atom. The quantitative estimate of drug-likeness (QED) is 0.561. The minimum atomic E-state index is -0.760. The number of nitrogens with one attached hydrogen (secondary N) is 1. The van der Waals surface area contributed by atoms with Crippen molar-refractivity contribution in [2.75, 3.05) is 6.54 Å². The number of rotatable bonds is 8. The van der Waals surface area contributed by atoms with Gasteiger partial charge in [0, 0.05) is 13.0 Å². The van der Waals surface area contributed by atoms with Gasteiger partial charge in [0.05, 0.1) is 23.3 Å². The number of hydrogen-bond donors (Lipinski definition) is 1. The van der Waals surface area contributed by atoms with E-state index in [0.717, 1.165) is 45.1 Å². The first-order valence-corrected chi connectivity index (χ1v) is 9.52. The SMILES string of the molecule is CCCCCC(C)C(=O)O[C@]12C[C@H](CN1)C[C@H]2Oc1ncc(Cl)cn1. The van der Waals surface area contributed by atoms with Crippen molar-refractivity contribution in [2.45, 2.75) is 64.2 Å². The number of piperidine rings is 1. The van der Waals surface area contributed by atoms with E-state index < -0.39 is 5.72 Å². The molecule has 0 amide bonds. The highest BCUT2D eigenvalue weighted by molar-refractivity contribution is 6.30. The molecule has 1 N–H and O–H groups in total. The van der Waals surface area contributed by atoms with Crippen LogP contribution in [0.5, 0.6) is 6.01 Å². The van der Waals surface area contributed by atoms with Crippen LogP contribution in [-0.4, -0.2) is 34.3 Å². The van der Waals surface area contributed by atoms with Gasteiger partial charge in [-0.2, -0.15) is 0 Å². The number of esters is 1. The first-order chi connectivity index (χ1) is 12.0. The average molecular weight is 368 g/mol. The maximum absolute atomic E-state index is 12.6. The van der Waals surface area contributed by atoms with Crippen LogP contribution in [0.4, 0.5) is 0 Å². The lowest BCUT2D eigenvalue weighted by Gasteiger charge is -2.35. The van der Waals surface area contributed by atoms with E-state index in [1.54, 1.807) is 0 Å². The fourth-order valence-corrected chi connectivity index (χ4v) is 3.77. The number of unbranched alkanes of at least 4 members (excludes halogenated alkanes) is 2. The minimum Gasteiger partial charge on any atom is -0.454 e. The lowest BCUT2D eigenvalue weighted by Crippen LogP contribution is -2.56. The topological polar surface area (TPSA) is 73.3 Å². The molecular formula is C18H26ClN3O3. The molecule has 1 aliphatic carbocycles. The van der Waals surface area contributed by atoms with Crippen LogP contribution in [0, 0.1) is 11.8 Å². The molecule has 2 heterocycles. The number of carbonyl (C=O) groups excluding carboxylic acids is 1. The fourth-order valence-electron chi connectivity index (χ4n) is 3.67. The van der Waals surface area contributed by atoms with Gasteiger partial charge in [0.1, 0.15) is 0 Å². The molecule has 0 radical (unpaired) electrons. The Bertz CT molecular complexity index is 598. The zero-order valence-corrected chi connectivity index (χ0v) is 15.6. The molecule has 1 saturated carbocycles. The van der Waals surface area contributed by atoms with Crippen molar-refractivity contribution >= 4 is 17.6 Å². The summed E-state index contributed by atoms with van der Waals surface area (Å²) < 4.78 is 11.9. The van der Waals surface area contributed by atoms with Gasteiger partial charge in [0.2, 0.25) is 5.72 Å². The second kappa shape index (κ2) is 7.87. The molecule has 1 unspecified atom stereocenters. The molecule has 0 aromatic carbocycles. The van der Waals surface area contributed by atoms with Crippen molar-refractivity contribution in [3.63, 3.8) is 0 Å². The summed E-state index contributed by atoms with van der Waals surface area (Å²) >= 11 is 5.81. The van der Waals surface area contributed by atoms with Crippen LogP contribution in [0.1, 0.15) is 52.4 Å². The van der Waals surface area contributed by atoms with Crippen LogP contribution >= 0.6 is 11.6 Å². The molecule has 7 heteroatoms. The summed E-state index contributed by atoms with van der Waals surface area (Å²) in [5.41, 5.74) is -0.760. The Labute approximate surface area is 153 Å². The summed E-state index contributed by atoms with van der Waals surface area (Å²) in [6.07, 6.45) is 8.52. The largest absolute Gasteiger partial charge is 0.454 e. The van der Waals surface area contributed by atoms with Crippen molar-refractivity contribution in [2.24, 2.45) is 11.8 Å². The second-order valence-corrected chi connectivity index (χ2v) is 7.62. The third-order valence-electron chi connectivity index (χ3n) is 5.12. The van der Waals surface area contributed by atoms with Crippen molar-refractivity contribution in [3.05, 3.63) is 17.4 Å². The molecule has 2 aliphatic rings. The number of hydrogen-bond acceptors (Lipinski definition) is 6. The van der Waals surface area contributed by atoms with Crippen molar-refractivity contribution in [3.8, 4) is 6.01 Å². The molecule has 0 spiro atoms. The summed E-state index contributed by atoms with van der Waals surface area (Å²) in [4.78, 5) is 20.7. The van der Waals surface area contributed by atoms with E-state index in [1.807, 2.05) is 6.92 Å². The van der Waals surface area contributed by atoms with Crippen LogP contribution in [0.15, 0.2) is 12.4 Å². The van der Waals surface area contributed by atoms with Crippen LogP contribution in [0.3, 0.4) is 0 Å². The molecule has 3 rings (SSSR count). The molecule has 6 nitrogen and oxygen atoms in total. The summed E-state index contributed by atoms with van der Waals surface area (Å²) in [7, 11) is 0. The number of carbonyl (C=O) groups is 1. The van der Waals surface area contributed by atoms with Gasteiger partial charge in [-0.05, 0) is 18.8 Å². The molecule has 2 bridgehead atoms. The summed E-state index contributed by atoms with van der Waals surface area (Å²) in [5, 5.41) is 3.81. The van der Waals surface area contributed by atoms with Crippen molar-refractivity contribution in [1.82, 2.24) is 15.3 Å². The number of nitrogens with zero attached hydrogens (tertiary/aromatic N) is 2. The lowest BCUT2D eigenvalue weighted by atomic mass is 10.0. The normalized spacial score (nSPS) is 28.8. The third-order valence-corrected chi connectivity index (χ3v) is 5.31. The molecule has 138 valence electrons. The van der Waals surface area contributed by atoms with E-state index in [9.17, 15) is 4.79 Å². The number of fused-ring (bicyclic) bond motifs is 2. The van der Waals surface area contributed by atoms with E-state index in [4.69, 9.17) is 21.1 Å². The highest BCUT2D eigenvalue weighted by atomic mass is 35.5. The Hall–Kier alpha value is -1.40. The van der Waals surface area contributed by atoms with Gasteiger partial charge in [-0.25, -0.2) is 9.97 Å². The van der Waals surface area contributed by atoms with Gasteiger partial charge < -0.3 is 9.47 Å². The Balaban J connectivity index is 1.63. The lowest BCUT2D eigenvalue weighted by molar-refractivity contribution is -0.177. The molecule has 1 aliphatic heterocycles. The van der Waals surface area contributed by atoms with Crippen LogP contribution in [0.2, 0.25) is 5.02 Å². The van der Waals surface area contributed by atoms with E-state index in [-0.39, 0.29) is 24.0 Å². The van der Waals surface area contributed by atoms with E-state index >= 15 is 0 Å². The fraction of sp³-hybridized carbons (Fsp3) is 0.722. The zero-order valence-electron chi connectivity index (χ0n) is 14.8. The van der Waals surface area contributed by atoms with E-state index in [1.165, 1.54) is 12.4 Å². The maximum atomic E-state index is 12.6. The summed E-state index contributed by atoms with van der Waals surface area (Å²) in [5.74, 6) is 0.187. The van der Waals surface area contributed by atoms with Gasteiger partial charge in [-0.1, -0.05) is 44.7 Å². The van der Waals surface area contributed by atoms with Gasteiger partial charge in [0.25, 0.3) is 0 Å². The molecular weight excluding hydrogens is 342 g/mol. The maximum Gasteiger partial charge on any atom is 0.316 e. The molecule has 25 heavy (non-hydrogen) atoms.